The molecule has 0 aliphatic carbocycles. The normalized spacial score (nSPS) is 11.6. The maximum absolute atomic E-state index is 13.9. The largest absolute Gasteiger partial charge is 0.417 e. The van der Waals surface area contributed by atoms with Crippen LogP contribution < -0.4 is 0 Å². The molecule has 0 spiro atoms. The Morgan fingerprint density at radius 3 is 2.11 bits per heavy atom. The Labute approximate surface area is 102 Å². The summed E-state index contributed by atoms with van der Waals surface area (Å²) in [6.45, 7) is 1.52. The zero-order chi connectivity index (χ0) is 13.3. The predicted octanol–water partition coefficient (Wildman–Crippen LogP) is 4.82. The van der Waals surface area contributed by atoms with Gasteiger partial charge in [-0.1, -0.05) is 36.4 Å². The predicted molar refractivity (Wildman–Crippen MR) is 61.6 cm³/mol. The topological polar surface area (TPSA) is 0 Å². The molecule has 0 aliphatic rings. The van der Waals surface area contributed by atoms with Crippen LogP contribution in [0, 0.1) is 12.7 Å². The van der Waals surface area contributed by atoms with Gasteiger partial charge in [-0.2, -0.15) is 13.2 Å². The molecule has 2 rings (SSSR count). The number of hydrogen-bond donors (Lipinski definition) is 0. The van der Waals surface area contributed by atoms with Crippen LogP contribution in [0.1, 0.15) is 11.1 Å². The van der Waals surface area contributed by atoms with E-state index in [4.69, 9.17) is 0 Å². The SMILES string of the molecule is Cc1cccc(-c2ccccc2C(F)(F)F)c1F. The molecule has 0 amide bonds. The zero-order valence-electron chi connectivity index (χ0n) is 9.55. The van der Waals surface area contributed by atoms with E-state index in [1.807, 2.05) is 0 Å². The van der Waals surface area contributed by atoms with Crippen LogP contribution in [0.3, 0.4) is 0 Å². The van der Waals surface area contributed by atoms with Gasteiger partial charge in [-0.05, 0) is 24.1 Å². The molecule has 0 aromatic heterocycles. The molecule has 0 atom stereocenters. The van der Waals surface area contributed by atoms with E-state index in [2.05, 4.69) is 0 Å². The summed E-state index contributed by atoms with van der Waals surface area (Å²) in [5, 5.41) is 0. The Morgan fingerprint density at radius 2 is 1.44 bits per heavy atom. The summed E-state index contributed by atoms with van der Waals surface area (Å²) in [6.07, 6.45) is -4.49. The average Bonchev–Trinajstić information content (AvgIpc) is 2.32. The van der Waals surface area contributed by atoms with Crippen molar-refractivity contribution in [2.75, 3.05) is 0 Å². The number of halogens is 4. The summed E-state index contributed by atoms with van der Waals surface area (Å²) in [5.74, 6) is -0.616. The summed E-state index contributed by atoms with van der Waals surface area (Å²) >= 11 is 0. The Balaban J connectivity index is 2.69. The number of rotatable bonds is 1. The van der Waals surface area contributed by atoms with E-state index in [0.29, 0.717) is 5.56 Å². The van der Waals surface area contributed by atoms with Gasteiger partial charge >= 0.3 is 6.18 Å². The lowest BCUT2D eigenvalue weighted by molar-refractivity contribution is -0.137. The molecule has 18 heavy (non-hydrogen) atoms. The molecule has 4 heteroatoms. The molecule has 0 fully saturated rings. The first-order valence-electron chi connectivity index (χ1n) is 5.33. The summed E-state index contributed by atoms with van der Waals surface area (Å²) in [5.41, 5.74) is -0.659. The summed E-state index contributed by atoms with van der Waals surface area (Å²) in [7, 11) is 0. The van der Waals surface area contributed by atoms with Crippen LogP contribution in [0.5, 0.6) is 0 Å². The molecule has 0 nitrogen and oxygen atoms in total. The van der Waals surface area contributed by atoms with Crippen molar-refractivity contribution in [3.8, 4) is 11.1 Å². The molecule has 0 saturated heterocycles. The quantitative estimate of drug-likeness (QED) is 0.640. The monoisotopic (exact) mass is 254 g/mol. The molecule has 0 aliphatic heterocycles. The van der Waals surface area contributed by atoms with E-state index in [1.165, 1.54) is 37.3 Å². The van der Waals surface area contributed by atoms with Crippen molar-refractivity contribution < 1.29 is 17.6 Å². The van der Waals surface area contributed by atoms with E-state index in [0.717, 1.165) is 6.07 Å². The molecule has 0 heterocycles. The number of alkyl halides is 3. The third kappa shape index (κ3) is 2.23. The molecule has 0 bridgehead atoms. The van der Waals surface area contributed by atoms with Crippen LogP contribution in [0.15, 0.2) is 42.5 Å². The van der Waals surface area contributed by atoms with Crippen molar-refractivity contribution in [2.24, 2.45) is 0 Å². The number of benzene rings is 2. The van der Waals surface area contributed by atoms with E-state index in [1.54, 1.807) is 6.07 Å². The lowest BCUT2D eigenvalue weighted by atomic mass is 9.97. The van der Waals surface area contributed by atoms with Crippen molar-refractivity contribution in [2.45, 2.75) is 13.1 Å². The second-order valence-electron chi connectivity index (χ2n) is 3.98. The second-order valence-corrected chi connectivity index (χ2v) is 3.98. The van der Waals surface area contributed by atoms with Crippen LogP contribution in [-0.4, -0.2) is 0 Å². The molecule has 2 aromatic rings. The highest BCUT2D eigenvalue weighted by atomic mass is 19.4. The van der Waals surface area contributed by atoms with Gasteiger partial charge in [0.1, 0.15) is 5.82 Å². The maximum Gasteiger partial charge on any atom is 0.417 e. The standard InChI is InChI=1S/C14H10F4/c1-9-5-4-7-11(13(9)15)10-6-2-3-8-12(10)14(16,17)18/h2-8H,1H3. The van der Waals surface area contributed by atoms with Gasteiger partial charge in [0.2, 0.25) is 0 Å². The minimum atomic E-state index is -4.49. The van der Waals surface area contributed by atoms with Gasteiger partial charge in [-0.15, -0.1) is 0 Å². The molecule has 0 unspecified atom stereocenters. The fourth-order valence-corrected chi connectivity index (χ4v) is 1.82. The van der Waals surface area contributed by atoms with E-state index >= 15 is 0 Å². The number of aryl methyl sites for hydroxylation is 1. The number of hydrogen-bond acceptors (Lipinski definition) is 0. The van der Waals surface area contributed by atoms with Crippen molar-refractivity contribution in [3.05, 3.63) is 59.4 Å². The van der Waals surface area contributed by atoms with Gasteiger partial charge in [0, 0.05) is 5.56 Å². The van der Waals surface area contributed by atoms with Gasteiger partial charge in [-0.3, -0.25) is 0 Å². The first-order chi connectivity index (χ1) is 8.41. The van der Waals surface area contributed by atoms with Crippen LogP contribution >= 0.6 is 0 Å². The molecule has 0 N–H and O–H groups in total. The van der Waals surface area contributed by atoms with Crippen LogP contribution in [0.2, 0.25) is 0 Å². The van der Waals surface area contributed by atoms with Crippen molar-refractivity contribution in [3.63, 3.8) is 0 Å². The Kier molecular flexibility index (Phi) is 3.11. The third-order valence-electron chi connectivity index (χ3n) is 2.71. The third-order valence-corrected chi connectivity index (χ3v) is 2.71. The van der Waals surface area contributed by atoms with Crippen molar-refractivity contribution in [1.29, 1.82) is 0 Å². The smallest absolute Gasteiger partial charge is 0.206 e. The fourth-order valence-electron chi connectivity index (χ4n) is 1.82. The Morgan fingerprint density at radius 1 is 0.833 bits per heavy atom. The van der Waals surface area contributed by atoms with E-state index in [-0.39, 0.29) is 11.1 Å². The first kappa shape index (κ1) is 12.6. The van der Waals surface area contributed by atoms with Gasteiger partial charge < -0.3 is 0 Å². The fraction of sp³-hybridized carbons (Fsp3) is 0.143. The summed E-state index contributed by atoms with van der Waals surface area (Å²) in [6, 6.07) is 9.41. The molecular formula is C14H10F4. The van der Waals surface area contributed by atoms with Crippen molar-refractivity contribution in [1.82, 2.24) is 0 Å². The van der Waals surface area contributed by atoms with E-state index in [9.17, 15) is 17.6 Å². The first-order valence-corrected chi connectivity index (χ1v) is 5.33. The molecule has 2 aromatic carbocycles. The minimum Gasteiger partial charge on any atom is -0.206 e. The molecule has 94 valence electrons. The van der Waals surface area contributed by atoms with Gasteiger partial charge in [0.15, 0.2) is 0 Å². The average molecular weight is 254 g/mol. The maximum atomic E-state index is 13.9. The molecular weight excluding hydrogens is 244 g/mol. The Bertz CT molecular complexity index is 570. The highest BCUT2D eigenvalue weighted by molar-refractivity contribution is 5.69. The minimum absolute atomic E-state index is 0.0251. The van der Waals surface area contributed by atoms with Crippen LogP contribution in [0.25, 0.3) is 11.1 Å². The summed E-state index contributed by atoms with van der Waals surface area (Å²) in [4.78, 5) is 0. The summed E-state index contributed by atoms with van der Waals surface area (Å²) < 4.78 is 52.4. The zero-order valence-corrected chi connectivity index (χ0v) is 9.55. The van der Waals surface area contributed by atoms with Gasteiger partial charge in [0.05, 0.1) is 5.56 Å². The second kappa shape index (κ2) is 4.44. The highest BCUT2D eigenvalue weighted by Crippen LogP contribution is 2.38. The van der Waals surface area contributed by atoms with Crippen molar-refractivity contribution >= 4 is 0 Å². The van der Waals surface area contributed by atoms with Gasteiger partial charge in [-0.25, -0.2) is 4.39 Å². The van der Waals surface area contributed by atoms with Gasteiger partial charge in [0.25, 0.3) is 0 Å². The van der Waals surface area contributed by atoms with Crippen LogP contribution in [-0.2, 0) is 6.18 Å². The molecule has 0 radical (unpaired) electrons. The Hall–Kier alpha value is -1.84. The highest BCUT2D eigenvalue weighted by Gasteiger charge is 2.33. The lowest BCUT2D eigenvalue weighted by Crippen LogP contribution is -2.07. The lowest BCUT2D eigenvalue weighted by Gasteiger charge is -2.13. The van der Waals surface area contributed by atoms with E-state index < -0.39 is 17.6 Å². The molecule has 0 saturated carbocycles. The van der Waals surface area contributed by atoms with Crippen LogP contribution in [0.4, 0.5) is 17.6 Å².